The monoisotopic (exact) mass is 163 g/mol. The third kappa shape index (κ3) is 2.95. The van der Waals surface area contributed by atoms with Crippen LogP contribution in [0.5, 0.6) is 5.75 Å². The molecule has 1 rings (SSSR count). The lowest BCUT2D eigenvalue weighted by Crippen LogP contribution is -2.04. The average Bonchev–Trinajstić information content (AvgIpc) is 2.01. The first-order valence-corrected chi connectivity index (χ1v) is 4.23. The molecule has 0 spiro atoms. The summed E-state index contributed by atoms with van der Waals surface area (Å²) >= 11 is 0. The Balaban J connectivity index is 2.52. The van der Waals surface area contributed by atoms with E-state index in [2.05, 4.69) is 20.8 Å². The van der Waals surface area contributed by atoms with E-state index in [0.29, 0.717) is 5.92 Å². The van der Waals surface area contributed by atoms with E-state index in [4.69, 9.17) is 4.74 Å². The fourth-order valence-electron chi connectivity index (χ4n) is 0.898. The van der Waals surface area contributed by atoms with E-state index < -0.39 is 0 Å². The smallest absolute Gasteiger partial charge is 0.119 e. The van der Waals surface area contributed by atoms with Crippen LogP contribution in [0.4, 0.5) is 0 Å². The van der Waals surface area contributed by atoms with E-state index >= 15 is 0 Å². The first-order chi connectivity index (χ1) is 5.68. The number of ether oxygens (including phenoxy) is 1. The van der Waals surface area contributed by atoms with E-state index in [1.807, 2.05) is 24.3 Å². The molecular formula is C11H15O. The topological polar surface area (TPSA) is 9.23 Å². The molecule has 0 amide bonds. The van der Waals surface area contributed by atoms with Crippen molar-refractivity contribution < 1.29 is 4.74 Å². The molecule has 1 heteroatoms. The molecule has 0 aliphatic heterocycles. The Kier molecular flexibility index (Phi) is 3.15. The summed E-state index contributed by atoms with van der Waals surface area (Å²) in [5, 5.41) is 0. The van der Waals surface area contributed by atoms with Crippen LogP contribution in [-0.4, -0.2) is 6.61 Å². The van der Waals surface area contributed by atoms with Crippen molar-refractivity contribution in [3.8, 4) is 5.75 Å². The highest BCUT2D eigenvalue weighted by atomic mass is 16.5. The summed E-state index contributed by atoms with van der Waals surface area (Å²) < 4.78 is 5.51. The van der Waals surface area contributed by atoms with Gasteiger partial charge in [0.05, 0.1) is 6.61 Å². The number of hydrogen-bond acceptors (Lipinski definition) is 1. The highest BCUT2D eigenvalue weighted by Gasteiger charge is 1.96. The van der Waals surface area contributed by atoms with E-state index in [0.717, 1.165) is 17.9 Å². The summed E-state index contributed by atoms with van der Waals surface area (Å²) in [4.78, 5) is 0. The van der Waals surface area contributed by atoms with Gasteiger partial charge >= 0.3 is 0 Å². The zero-order valence-electron chi connectivity index (χ0n) is 7.71. The standard InChI is InChI=1S/C11H15O/c1-9(2)8-12-11-6-4-5-10(3)7-11/h4-7,9H,3,8H2,1-2H3. The SMILES string of the molecule is [CH2]c1cccc(OCC(C)C)c1. The van der Waals surface area contributed by atoms with Gasteiger partial charge in [0.15, 0.2) is 0 Å². The molecule has 12 heavy (non-hydrogen) atoms. The predicted molar refractivity (Wildman–Crippen MR) is 51.2 cm³/mol. The predicted octanol–water partition coefficient (Wildman–Crippen LogP) is 2.90. The van der Waals surface area contributed by atoms with Crippen molar-refractivity contribution in [3.63, 3.8) is 0 Å². The summed E-state index contributed by atoms with van der Waals surface area (Å²) in [6, 6.07) is 7.82. The molecule has 0 heterocycles. The molecule has 0 aromatic heterocycles. The molecule has 0 aliphatic carbocycles. The van der Waals surface area contributed by atoms with E-state index in [9.17, 15) is 0 Å². The molecule has 0 unspecified atom stereocenters. The molecule has 1 nitrogen and oxygen atoms in total. The van der Waals surface area contributed by atoms with Gasteiger partial charge in [-0.2, -0.15) is 0 Å². The van der Waals surface area contributed by atoms with Crippen molar-refractivity contribution in [2.24, 2.45) is 5.92 Å². The molecule has 0 atom stereocenters. The molecule has 0 N–H and O–H groups in total. The van der Waals surface area contributed by atoms with Gasteiger partial charge in [0, 0.05) is 0 Å². The second kappa shape index (κ2) is 4.15. The Labute approximate surface area is 74.4 Å². The molecule has 1 aromatic carbocycles. The van der Waals surface area contributed by atoms with Gasteiger partial charge in [0.1, 0.15) is 5.75 Å². The van der Waals surface area contributed by atoms with Crippen LogP contribution in [0.1, 0.15) is 19.4 Å². The largest absolute Gasteiger partial charge is 0.493 e. The minimum absolute atomic E-state index is 0.568. The van der Waals surface area contributed by atoms with Crippen LogP contribution in [0.2, 0.25) is 0 Å². The van der Waals surface area contributed by atoms with Crippen molar-refractivity contribution in [1.82, 2.24) is 0 Å². The Hall–Kier alpha value is -0.980. The number of benzene rings is 1. The van der Waals surface area contributed by atoms with Crippen molar-refractivity contribution in [2.45, 2.75) is 13.8 Å². The maximum Gasteiger partial charge on any atom is 0.119 e. The Morgan fingerprint density at radius 1 is 1.42 bits per heavy atom. The molecule has 65 valence electrons. The molecule has 0 saturated carbocycles. The van der Waals surface area contributed by atoms with Crippen molar-refractivity contribution in [2.75, 3.05) is 6.61 Å². The lowest BCUT2D eigenvalue weighted by molar-refractivity contribution is 0.271. The van der Waals surface area contributed by atoms with Crippen LogP contribution < -0.4 is 4.74 Å². The minimum atomic E-state index is 0.568. The average molecular weight is 163 g/mol. The minimum Gasteiger partial charge on any atom is -0.493 e. The molecule has 0 bridgehead atoms. The Bertz CT molecular complexity index is 241. The van der Waals surface area contributed by atoms with Crippen molar-refractivity contribution >= 4 is 0 Å². The van der Waals surface area contributed by atoms with E-state index in [1.165, 1.54) is 0 Å². The summed E-state index contributed by atoms with van der Waals surface area (Å²) in [6.07, 6.45) is 0. The molecule has 1 aromatic rings. The van der Waals surface area contributed by atoms with Crippen molar-refractivity contribution in [3.05, 3.63) is 36.8 Å². The maximum atomic E-state index is 5.51. The highest BCUT2D eigenvalue weighted by Crippen LogP contribution is 2.12. The zero-order chi connectivity index (χ0) is 8.97. The normalized spacial score (nSPS) is 10.3. The molecule has 0 aliphatic rings. The van der Waals surface area contributed by atoms with Gasteiger partial charge in [-0.15, -0.1) is 0 Å². The van der Waals surface area contributed by atoms with Gasteiger partial charge in [0.25, 0.3) is 0 Å². The maximum absolute atomic E-state index is 5.51. The highest BCUT2D eigenvalue weighted by molar-refractivity contribution is 5.29. The molecule has 0 saturated heterocycles. The van der Waals surface area contributed by atoms with Crippen molar-refractivity contribution in [1.29, 1.82) is 0 Å². The van der Waals surface area contributed by atoms with Crippen LogP contribution in [0, 0.1) is 12.8 Å². The van der Waals surface area contributed by atoms with Gasteiger partial charge < -0.3 is 4.74 Å². The lowest BCUT2D eigenvalue weighted by atomic mass is 10.2. The van der Waals surface area contributed by atoms with Gasteiger partial charge in [-0.1, -0.05) is 26.0 Å². The third-order valence-electron chi connectivity index (χ3n) is 1.48. The van der Waals surface area contributed by atoms with Gasteiger partial charge in [0.2, 0.25) is 0 Å². The Morgan fingerprint density at radius 2 is 2.17 bits per heavy atom. The molecular weight excluding hydrogens is 148 g/mol. The van der Waals surface area contributed by atoms with Gasteiger partial charge in [-0.25, -0.2) is 0 Å². The Morgan fingerprint density at radius 3 is 2.75 bits per heavy atom. The second-order valence-corrected chi connectivity index (χ2v) is 3.35. The fraction of sp³-hybridized carbons (Fsp3) is 0.364. The van der Waals surface area contributed by atoms with E-state index in [1.54, 1.807) is 0 Å². The summed E-state index contributed by atoms with van der Waals surface area (Å²) in [6.45, 7) is 8.86. The van der Waals surface area contributed by atoms with Crippen LogP contribution in [-0.2, 0) is 0 Å². The van der Waals surface area contributed by atoms with Crippen LogP contribution in [0.15, 0.2) is 24.3 Å². The summed E-state index contributed by atoms with van der Waals surface area (Å²) in [5.74, 6) is 1.48. The lowest BCUT2D eigenvalue weighted by Gasteiger charge is -2.08. The second-order valence-electron chi connectivity index (χ2n) is 3.35. The first-order valence-electron chi connectivity index (χ1n) is 4.23. The van der Waals surface area contributed by atoms with Crippen LogP contribution in [0.25, 0.3) is 0 Å². The van der Waals surface area contributed by atoms with Crippen LogP contribution in [0.3, 0.4) is 0 Å². The quantitative estimate of drug-likeness (QED) is 0.665. The van der Waals surface area contributed by atoms with Gasteiger partial charge in [-0.05, 0) is 30.5 Å². The number of hydrogen-bond donors (Lipinski definition) is 0. The molecule has 0 fully saturated rings. The van der Waals surface area contributed by atoms with Gasteiger partial charge in [-0.3, -0.25) is 0 Å². The molecule has 1 radical (unpaired) electrons. The third-order valence-corrected chi connectivity index (χ3v) is 1.48. The summed E-state index contributed by atoms with van der Waals surface area (Å²) in [7, 11) is 0. The summed E-state index contributed by atoms with van der Waals surface area (Å²) in [5.41, 5.74) is 0.997. The fourth-order valence-corrected chi connectivity index (χ4v) is 0.898. The number of rotatable bonds is 3. The first kappa shape index (κ1) is 9.11. The van der Waals surface area contributed by atoms with Crippen LogP contribution >= 0.6 is 0 Å². The zero-order valence-corrected chi connectivity index (χ0v) is 7.71. The van der Waals surface area contributed by atoms with E-state index in [-0.39, 0.29) is 0 Å².